The third kappa shape index (κ3) is 3.78. The average molecular weight is 260 g/mol. The van der Waals surface area contributed by atoms with Crippen molar-refractivity contribution in [3.8, 4) is 6.07 Å². The Morgan fingerprint density at radius 2 is 2.21 bits per heavy atom. The van der Waals surface area contributed by atoms with Crippen molar-refractivity contribution < 1.29 is 14.3 Å². The number of hydrogen-bond donors (Lipinski definition) is 1. The lowest BCUT2D eigenvalue weighted by Crippen LogP contribution is -2.41. The fraction of sp³-hybridized carbons (Fsp3) is 0.429. The van der Waals surface area contributed by atoms with Crippen molar-refractivity contribution in [1.82, 2.24) is 5.32 Å². The summed E-state index contributed by atoms with van der Waals surface area (Å²) in [7, 11) is 0. The quantitative estimate of drug-likeness (QED) is 0.870. The van der Waals surface area contributed by atoms with Gasteiger partial charge in [0.25, 0.3) is 0 Å². The summed E-state index contributed by atoms with van der Waals surface area (Å²) in [6.07, 6.45) is -0.132. The molecule has 1 aromatic rings. The predicted molar refractivity (Wildman–Crippen MR) is 68.4 cm³/mol. The van der Waals surface area contributed by atoms with Crippen molar-refractivity contribution in [2.45, 2.75) is 12.0 Å². The number of hydrogen-bond acceptors (Lipinski definition) is 4. The molecule has 0 saturated carbocycles. The molecule has 1 aliphatic heterocycles. The van der Waals surface area contributed by atoms with Gasteiger partial charge in [-0.15, -0.1) is 0 Å². The molecule has 1 fully saturated rings. The second-order valence-corrected chi connectivity index (χ2v) is 4.29. The molecule has 1 amide bonds. The zero-order valence-corrected chi connectivity index (χ0v) is 10.5. The highest BCUT2D eigenvalue weighted by atomic mass is 16.6. The van der Waals surface area contributed by atoms with Crippen LogP contribution in [0.3, 0.4) is 0 Å². The van der Waals surface area contributed by atoms with Crippen LogP contribution in [-0.4, -0.2) is 38.4 Å². The van der Waals surface area contributed by atoms with Gasteiger partial charge in [0, 0.05) is 6.54 Å². The van der Waals surface area contributed by atoms with E-state index in [9.17, 15) is 4.79 Å². The number of carbonyl (C=O) groups is 1. The third-order valence-corrected chi connectivity index (χ3v) is 2.91. The highest BCUT2D eigenvalue weighted by Gasteiger charge is 2.22. The Hall–Kier alpha value is -1.90. The van der Waals surface area contributed by atoms with Gasteiger partial charge in [0.1, 0.15) is 5.92 Å². The first-order valence-corrected chi connectivity index (χ1v) is 6.23. The maximum atomic E-state index is 12.0. The molecule has 5 nitrogen and oxygen atoms in total. The van der Waals surface area contributed by atoms with E-state index in [0.717, 1.165) is 0 Å². The molecular weight excluding hydrogens is 244 g/mol. The van der Waals surface area contributed by atoms with E-state index in [1.54, 1.807) is 12.1 Å². The standard InChI is InChI=1S/C14H16N2O3/c15-8-13(11-4-2-1-3-5-11)14(17)16-9-12-10-18-6-7-19-12/h1-5,12-13H,6-7,9-10H2,(H,16,17). The molecule has 0 aliphatic carbocycles. The van der Waals surface area contributed by atoms with Crippen LogP contribution in [0.4, 0.5) is 0 Å². The van der Waals surface area contributed by atoms with Crippen molar-refractivity contribution in [1.29, 1.82) is 5.26 Å². The molecule has 5 heteroatoms. The van der Waals surface area contributed by atoms with Gasteiger partial charge in [0.2, 0.25) is 5.91 Å². The molecule has 2 unspecified atom stereocenters. The summed E-state index contributed by atoms with van der Waals surface area (Å²) in [5, 5.41) is 11.9. The topological polar surface area (TPSA) is 71.4 Å². The Labute approximate surface area is 112 Å². The average Bonchev–Trinajstić information content (AvgIpc) is 2.48. The summed E-state index contributed by atoms with van der Waals surface area (Å²) in [4.78, 5) is 12.0. The summed E-state index contributed by atoms with van der Waals surface area (Å²) in [5.74, 6) is -1.09. The maximum Gasteiger partial charge on any atom is 0.241 e. The number of nitrogens with one attached hydrogen (secondary N) is 1. The summed E-state index contributed by atoms with van der Waals surface area (Å²) >= 11 is 0. The van der Waals surface area contributed by atoms with E-state index in [0.29, 0.717) is 31.9 Å². The van der Waals surface area contributed by atoms with Crippen LogP contribution in [0.15, 0.2) is 30.3 Å². The molecule has 2 rings (SSSR count). The molecule has 0 radical (unpaired) electrons. The highest BCUT2D eigenvalue weighted by Crippen LogP contribution is 2.14. The van der Waals surface area contributed by atoms with Gasteiger partial charge in [-0.2, -0.15) is 5.26 Å². The van der Waals surface area contributed by atoms with Crippen LogP contribution >= 0.6 is 0 Å². The molecule has 100 valence electrons. The summed E-state index contributed by atoms with van der Waals surface area (Å²) in [5.41, 5.74) is 0.698. The van der Waals surface area contributed by atoms with E-state index in [2.05, 4.69) is 5.32 Å². The lowest BCUT2D eigenvalue weighted by molar-refractivity contribution is -0.124. The fourth-order valence-corrected chi connectivity index (χ4v) is 1.90. The molecule has 0 spiro atoms. The largest absolute Gasteiger partial charge is 0.376 e. The fourth-order valence-electron chi connectivity index (χ4n) is 1.90. The zero-order chi connectivity index (χ0) is 13.5. The first kappa shape index (κ1) is 13.5. The first-order valence-electron chi connectivity index (χ1n) is 6.23. The molecule has 1 N–H and O–H groups in total. The second-order valence-electron chi connectivity index (χ2n) is 4.29. The van der Waals surface area contributed by atoms with E-state index in [1.807, 2.05) is 24.3 Å². The second kappa shape index (κ2) is 6.88. The number of nitriles is 1. The summed E-state index contributed by atoms with van der Waals surface area (Å²) in [6, 6.07) is 11.0. The van der Waals surface area contributed by atoms with Crippen molar-refractivity contribution in [2.24, 2.45) is 0 Å². The van der Waals surface area contributed by atoms with E-state index in [4.69, 9.17) is 14.7 Å². The molecule has 19 heavy (non-hydrogen) atoms. The van der Waals surface area contributed by atoms with Crippen molar-refractivity contribution >= 4 is 5.91 Å². The molecule has 1 aromatic carbocycles. The van der Waals surface area contributed by atoms with Crippen LogP contribution in [0.2, 0.25) is 0 Å². The lowest BCUT2D eigenvalue weighted by Gasteiger charge is -2.23. The van der Waals surface area contributed by atoms with Crippen LogP contribution in [-0.2, 0) is 14.3 Å². The van der Waals surface area contributed by atoms with Crippen LogP contribution in [0.25, 0.3) is 0 Å². The monoisotopic (exact) mass is 260 g/mol. The molecule has 0 aromatic heterocycles. The molecule has 1 heterocycles. The molecule has 1 saturated heterocycles. The number of benzene rings is 1. The van der Waals surface area contributed by atoms with Crippen molar-refractivity contribution in [3.05, 3.63) is 35.9 Å². The van der Waals surface area contributed by atoms with E-state index in [-0.39, 0.29) is 12.0 Å². The Morgan fingerprint density at radius 3 is 2.84 bits per heavy atom. The normalized spacial score (nSPS) is 20.3. The van der Waals surface area contributed by atoms with Gasteiger partial charge in [0.15, 0.2) is 0 Å². The smallest absolute Gasteiger partial charge is 0.241 e. The predicted octanol–water partition coefficient (Wildman–Crippen LogP) is 0.825. The SMILES string of the molecule is N#CC(C(=O)NCC1COCCO1)c1ccccc1. The Bertz CT molecular complexity index is 450. The van der Waals surface area contributed by atoms with Gasteiger partial charge in [0.05, 0.1) is 32.0 Å². The summed E-state index contributed by atoms with van der Waals surface area (Å²) in [6.45, 7) is 1.98. The first-order chi connectivity index (χ1) is 9.31. The number of ether oxygens (including phenoxy) is 2. The zero-order valence-electron chi connectivity index (χ0n) is 10.5. The van der Waals surface area contributed by atoms with Crippen LogP contribution < -0.4 is 5.32 Å². The Morgan fingerprint density at radius 1 is 1.42 bits per heavy atom. The highest BCUT2D eigenvalue weighted by molar-refractivity contribution is 5.86. The number of rotatable bonds is 4. The van der Waals surface area contributed by atoms with Crippen LogP contribution in [0.1, 0.15) is 11.5 Å². The molecule has 0 bridgehead atoms. The minimum absolute atomic E-state index is 0.132. The van der Waals surface area contributed by atoms with Gasteiger partial charge >= 0.3 is 0 Å². The Balaban J connectivity index is 1.89. The van der Waals surface area contributed by atoms with Crippen LogP contribution in [0.5, 0.6) is 0 Å². The number of carbonyl (C=O) groups excluding carboxylic acids is 1. The van der Waals surface area contributed by atoms with E-state index < -0.39 is 5.92 Å². The molecule has 2 atom stereocenters. The van der Waals surface area contributed by atoms with Gasteiger partial charge in [-0.25, -0.2) is 0 Å². The van der Waals surface area contributed by atoms with Crippen molar-refractivity contribution in [2.75, 3.05) is 26.4 Å². The van der Waals surface area contributed by atoms with Crippen molar-refractivity contribution in [3.63, 3.8) is 0 Å². The number of amides is 1. The van der Waals surface area contributed by atoms with Gasteiger partial charge in [-0.1, -0.05) is 30.3 Å². The van der Waals surface area contributed by atoms with Crippen LogP contribution in [0, 0.1) is 11.3 Å². The molecule has 1 aliphatic rings. The maximum absolute atomic E-state index is 12.0. The number of nitrogens with zero attached hydrogens (tertiary/aromatic N) is 1. The van der Waals surface area contributed by atoms with E-state index in [1.165, 1.54) is 0 Å². The minimum atomic E-state index is -0.786. The summed E-state index contributed by atoms with van der Waals surface area (Å²) < 4.78 is 10.7. The Kier molecular flexibility index (Phi) is 4.90. The van der Waals surface area contributed by atoms with E-state index >= 15 is 0 Å². The third-order valence-electron chi connectivity index (χ3n) is 2.91. The van der Waals surface area contributed by atoms with Gasteiger partial charge in [-0.05, 0) is 5.56 Å². The van der Waals surface area contributed by atoms with Gasteiger partial charge in [-0.3, -0.25) is 4.79 Å². The van der Waals surface area contributed by atoms with Gasteiger partial charge < -0.3 is 14.8 Å². The lowest BCUT2D eigenvalue weighted by atomic mass is 10.00. The minimum Gasteiger partial charge on any atom is -0.376 e. The molecular formula is C14H16N2O3.